The molecule has 2 aliphatic rings. The van der Waals surface area contributed by atoms with Crippen molar-refractivity contribution in [2.24, 2.45) is 5.73 Å². The Bertz CT molecular complexity index is 208. The molecule has 16 heavy (non-hydrogen) atoms. The van der Waals surface area contributed by atoms with Crippen LogP contribution in [0.2, 0.25) is 0 Å². The van der Waals surface area contributed by atoms with Gasteiger partial charge in [0, 0.05) is 24.7 Å². The highest BCUT2D eigenvalue weighted by molar-refractivity contribution is 5.02. The molecular weight excluding hydrogens is 200 g/mol. The minimum Gasteiger partial charge on any atom is -0.379 e. The van der Waals surface area contributed by atoms with E-state index in [1.807, 2.05) is 0 Å². The first kappa shape index (κ1) is 12.3. The zero-order valence-electron chi connectivity index (χ0n) is 10.6. The average molecular weight is 226 g/mol. The van der Waals surface area contributed by atoms with Gasteiger partial charge in [0.1, 0.15) is 0 Å². The molecule has 3 heteroatoms. The van der Waals surface area contributed by atoms with Crippen molar-refractivity contribution in [1.29, 1.82) is 0 Å². The van der Waals surface area contributed by atoms with Gasteiger partial charge in [-0.25, -0.2) is 0 Å². The maximum atomic E-state index is 6.47. The second-order valence-corrected chi connectivity index (χ2v) is 5.31. The molecule has 0 radical (unpaired) electrons. The Kier molecular flexibility index (Phi) is 4.22. The van der Waals surface area contributed by atoms with Crippen LogP contribution in [0, 0.1) is 0 Å². The Labute approximate surface area is 99.3 Å². The van der Waals surface area contributed by atoms with Gasteiger partial charge in [0.05, 0.1) is 13.2 Å². The molecule has 1 heterocycles. The van der Waals surface area contributed by atoms with Crippen LogP contribution in [0.5, 0.6) is 0 Å². The Morgan fingerprint density at radius 3 is 2.44 bits per heavy atom. The summed E-state index contributed by atoms with van der Waals surface area (Å²) in [5.74, 6) is 0. The maximum Gasteiger partial charge on any atom is 0.0594 e. The number of rotatable bonds is 4. The quantitative estimate of drug-likeness (QED) is 0.794. The largest absolute Gasteiger partial charge is 0.379 e. The van der Waals surface area contributed by atoms with Gasteiger partial charge in [-0.05, 0) is 19.3 Å². The van der Waals surface area contributed by atoms with Gasteiger partial charge >= 0.3 is 0 Å². The zero-order chi connectivity index (χ0) is 11.4. The molecule has 0 aromatic carbocycles. The lowest BCUT2D eigenvalue weighted by Crippen LogP contribution is -2.61. The molecule has 0 amide bonds. The van der Waals surface area contributed by atoms with Crippen molar-refractivity contribution in [1.82, 2.24) is 4.90 Å². The van der Waals surface area contributed by atoms with Crippen molar-refractivity contribution in [3.8, 4) is 0 Å². The summed E-state index contributed by atoms with van der Waals surface area (Å²) in [6.45, 7) is 6.18. The molecule has 94 valence electrons. The van der Waals surface area contributed by atoms with E-state index in [1.54, 1.807) is 0 Å². The highest BCUT2D eigenvalue weighted by Gasteiger charge is 2.44. The van der Waals surface area contributed by atoms with Gasteiger partial charge in [0.2, 0.25) is 0 Å². The number of morpholine rings is 1. The van der Waals surface area contributed by atoms with Crippen LogP contribution in [0.4, 0.5) is 0 Å². The van der Waals surface area contributed by atoms with E-state index in [2.05, 4.69) is 11.8 Å². The van der Waals surface area contributed by atoms with E-state index in [9.17, 15) is 0 Å². The summed E-state index contributed by atoms with van der Waals surface area (Å²) in [6.07, 6.45) is 7.68. The molecule has 1 unspecified atom stereocenters. The molecule has 0 aromatic rings. The van der Waals surface area contributed by atoms with E-state index in [0.29, 0.717) is 11.6 Å². The summed E-state index contributed by atoms with van der Waals surface area (Å²) in [5.41, 5.74) is 6.78. The van der Waals surface area contributed by atoms with Gasteiger partial charge in [-0.2, -0.15) is 0 Å². The van der Waals surface area contributed by atoms with Crippen LogP contribution in [0.3, 0.4) is 0 Å². The highest BCUT2D eigenvalue weighted by atomic mass is 16.5. The van der Waals surface area contributed by atoms with Crippen LogP contribution >= 0.6 is 0 Å². The monoisotopic (exact) mass is 226 g/mol. The van der Waals surface area contributed by atoms with E-state index >= 15 is 0 Å². The third-order valence-electron chi connectivity index (χ3n) is 4.40. The van der Waals surface area contributed by atoms with Crippen LogP contribution in [0.25, 0.3) is 0 Å². The second kappa shape index (κ2) is 5.48. The van der Waals surface area contributed by atoms with Gasteiger partial charge in [0.25, 0.3) is 0 Å². The molecular formula is C13H26N2O. The minimum atomic E-state index is 0.305. The number of nitrogens with zero attached hydrogens (tertiary/aromatic N) is 1. The number of hydrogen-bond donors (Lipinski definition) is 1. The van der Waals surface area contributed by atoms with Crippen LogP contribution in [0.1, 0.15) is 45.4 Å². The summed E-state index contributed by atoms with van der Waals surface area (Å²) in [5, 5.41) is 0. The van der Waals surface area contributed by atoms with E-state index < -0.39 is 0 Å². The van der Waals surface area contributed by atoms with Crippen molar-refractivity contribution in [3.05, 3.63) is 0 Å². The number of ether oxygens (including phenoxy) is 1. The molecule has 2 rings (SSSR count). The summed E-state index contributed by atoms with van der Waals surface area (Å²) in [4.78, 5) is 2.63. The van der Waals surface area contributed by atoms with E-state index in [1.165, 1.54) is 32.1 Å². The molecule has 0 spiro atoms. The first-order valence-corrected chi connectivity index (χ1v) is 6.88. The first-order valence-electron chi connectivity index (χ1n) is 6.88. The lowest BCUT2D eigenvalue weighted by Gasteiger charge is -2.47. The Hall–Kier alpha value is -0.120. The smallest absolute Gasteiger partial charge is 0.0594 e. The number of nitrogens with two attached hydrogens (primary N) is 1. The van der Waals surface area contributed by atoms with Crippen molar-refractivity contribution in [3.63, 3.8) is 0 Å². The molecule has 0 bridgehead atoms. The summed E-state index contributed by atoms with van der Waals surface area (Å²) >= 11 is 0. The van der Waals surface area contributed by atoms with Crippen molar-refractivity contribution < 1.29 is 4.74 Å². The summed E-state index contributed by atoms with van der Waals surface area (Å²) < 4.78 is 5.46. The molecule has 1 aliphatic heterocycles. The van der Waals surface area contributed by atoms with E-state index in [-0.39, 0.29) is 0 Å². The highest BCUT2D eigenvalue weighted by Crippen LogP contribution is 2.39. The predicted molar refractivity (Wildman–Crippen MR) is 66.5 cm³/mol. The second-order valence-electron chi connectivity index (χ2n) is 5.31. The molecule has 1 saturated heterocycles. The average Bonchev–Trinajstić information content (AvgIpc) is 2.81. The predicted octanol–water partition coefficient (Wildman–Crippen LogP) is 1.76. The van der Waals surface area contributed by atoms with Crippen molar-refractivity contribution in [2.75, 3.05) is 26.3 Å². The van der Waals surface area contributed by atoms with Gasteiger partial charge in [-0.15, -0.1) is 0 Å². The fraction of sp³-hybridized carbons (Fsp3) is 1.00. The van der Waals surface area contributed by atoms with Gasteiger partial charge in [0.15, 0.2) is 0 Å². The van der Waals surface area contributed by atoms with Crippen LogP contribution in [0.15, 0.2) is 0 Å². The zero-order valence-corrected chi connectivity index (χ0v) is 10.6. The number of hydrogen-bond acceptors (Lipinski definition) is 3. The Morgan fingerprint density at radius 2 is 1.88 bits per heavy atom. The molecule has 3 nitrogen and oxygen atoms in total. The summed E-state index contributed by atoms with van der Waals surface area (Å²) in [7, 11) is 0. The van der Waals surface area contributed by atoms with Crippen molar-refractivity contribution in [2.45, 2.75) is 57.0 Å². The minimum absolute atomic E-state index is 0.305. The third-order valence-corrected chi connectivity index (χ3v) is 4.40. The third kappa shape index (κ3) is 2.27. The van der Waals surface area contributed by atoms with E-state index in [4.69, 9.17) is 10.5 Å². The maximum absolute atomic E-state index is 6.47. The SMILES string of the molecule is CCCC(N)C1(N2CCOCC2)CCCC1. The molecule has 0 aromatic heterocycles. The molecule has 1 saturated carbocycles. The first-order chi connectivity index (χ1) is 7.79. The Morgan fingerprint density at radius 1 is 1.25 bits per heavy atom. The molecule has 1 atom stereocenters. The van der Waals surface area contributed by atoms with Gasteiger partial charge in [-0.3, -0.25) is 4.90 Å². The fourth-order valence-electron chi connectivity index (χ4n) is 3.50. The van der Waals surface area contributed by atoms with Crippen LogP contribution in [-0.2, 0) is 4.74 Å². The fourth-order valence-corrected chi connectivity index (χ4v) is 3.50. The van der Waals surface area contributed by atoms with Crippen LogP contribution in [-0.4, -0.2) is 42.8 Å². The standard InChI is InChI=1S/C13H26N2O/c1-2-5-12(14)13(6-3-4-7-13)15-8-10-16-11-9-15/h12H,2-11,14H2,1H3. The lowest BCUT2D eigenvalue weighted by atomic mass is 9.84. The van der Waals surface area contributed by atoms with Gasteiger partial charge in [-0.1, -0.05) is 26.2 Å². The topological polar surface area (TPSA) is 38.5 Å². The lowest BCUT2D eigenvalue weighted by molar-refractivity contribution is -0.0316. The van der Waals surface area contributed by atoms with Crippen molar-refractivity contribution >= 4 is 0 Å². The molecule has 2 fully saturated rings. The summed E-state index contributed by atoms with van der Waals surface area (Å²) in [6, 6.07) is 0.359. The Balaban J connectivity index is 2.07. The molecule has 2 N–H and O–H groups in total. The normalized spacial score (nSPS) is 28.1. The molecule has 1 aliphatic carbocycles. The van der Waals surface area contributed by atoms with Crippen LogP contribution < -0.4 is 5.73 Å². The van der Waals surface area contributed by atoms with E-state index in [0.717, 1.165) is 32.7 Å². The van der Waals surface area contributed by atoms with Gasteiger partial charge < -0.3 is 10.5 Å².